The minimum Gasteiger partial charge on any atom is -0.384 e. The third kappa shape index (κ3) is 3.69. The largest absolute Gasteiger partial charge is 0.384 e. The zero-order valence-electron chi connectivity index (χ0n) is 14.5. The molecule has 1 fully saturated rings. The van der Waals surface area contributed by atoms with E-state index in [9.17, 15) is 4.79 Å². The molecule has 2 aliphatic heterocycles. The van der Waals surface area contributed by atoms with Gasteiger partial charge < -0.3 is 10.6 Å². The van der Waals surface area contributed by atoms with Gasteiger partial charge >= 0.3 is 0 Å². The fourth-order valence-electron chi connectivity index (χ4n) is 3.90. The second-order valence-electron chi connectivity index (χ2n) is 7.03. The van der Waals surface area contributed by atoms with E-state index in [4.69, 9.17) is 0 Å². The highest BCUT2D eigenvalue weighted by Crippen LogP contribution is 2.29. The first-order chi connectivity index (χ1) is 12.3. The number of para-hydroxylation sites is 2. The van der Waals surface area contributed by atoms with Gasteiger partial charge in [0.05, 0.1) is 0 Å². The molecule has 0 bridgehead atoms. The van der Waals surface area contributed by atoms with E-state index in [2.05, 4.69) is 33.7 Å². The Hall–Kier alpha value is -2.33. The Kier molecular flexibility index (Phi) is 4.70. The highest BCUT2D eigenvalue weighted by molar-refractivity contribution is 5.92. The van der Waals surface area contributed by atoms with Crippen molar-refractivity contribution in [1.82, 2.24) is 4.90 Å². The standard InChI is InChI=1S/C21H25N3O/c25-21(23-19-7-2-1-3-8-19)17-10-13-24(14-11-17)15-18-6-4-5-16-9-12-22-20(16)18/h1-8,17,22H,9-15H2,(H,23,25). The Balaban J connectivity index is 1.31. The van der Waals surface area contributed by atoms with Crippen LogP contribution in [0, 0.1) is 5.92 Å². The number of rotatable bonds is 4. The molecule has 2 aliphatic rings. The van der Waals surface area contributed by atoms with Crippen molar-refractivity contribution in [2.45, 2.75) is 25.8 Å². The maximum Gasteiger partial charge on any atom is 0.227 e. The van der Waals surface area contributed by atoms with Crippen LogP contribution in [0.1, 0.15) is 24.0 Å². The van der Waals surface area contributed by atoms with Gasteiger partial charge in [0.25, 0.3) is 0 Å². The number of hydrogen-bond acceptors (Lipinski definition) is 3. The topological polar surface area (TPSA) is 44.4 Å². The van der Waals surface area contributed by atoms with Crippen LogP contribution < -0.4 is 10.6 Å². The number of likely N-dealkylation sites (tertiary alicyclic amines) is 1. The summed E-state index contributed by atoms with van der Waals surface area (Å²) in [5, 5.41) is 6.56. The normalized spacial score (nSPS) is 17.8. The second kappa shape index (κ2) is 7.28. The maximum atomic E-state index is 12.4. The van der Waals surface area contributed by atoms with Crippen LogP contribution in [0.5, 0.6) is 0 Å². The van der Waals surface area contributed by atoms with Crippen LogP contribution in [0.15, 0.2) is 48.5 Å². The van der Waals surface area contributed by atoms with Crippen molar-refractivity contribution < 1.29 is 4.79 Å². The highest BCUT2D eigenvalue weighted by Gasteiger charge is 2.26. The first-order valence-corrected chi connectivity index (χ1v) is 9.22. The molecule has 2 aromatic rings. The first-order valence-electron chi connectivity index (χ1n) is 9.22. The van der Waals surface area contributed by atoms with Crippen LogP contribution >= 0.6 is 0 Å². The van der Waals surface area contributed by atoms with E-state index in [1.807, 2.05) is 30.3 Å². The number of piperidine rings is 1. The molecule has 0 atom stereocenters. The number of hydrogen-bond donors (Lipinski definition) is 2. The molecule has 1 saturated heterocycles. The fourth-order valence-corrected chi connectivity index (χ4v) is 3.90. The predicted molar refractivity (Wildman–Crippen MR) is 102 cm³/mol. The zero-order valence-corrected chi connectivity index (χ0v) is 14.5. The van der Waals surface area contributed by atoms with E-state index in [1.165, 1.54) is 16.8 Å². The van der Waals surface area contributed by atoms with Gasteiger partial charge in [-0.15, -0.1) is 0 Å². The number of carbonyl (C=O) groups is 1. The average Bonchev–Trinajstić information content (AvgIpc) is 3.13. The second-order valence-corrected chi connectivity index (χ2v) is 7.03. The number of nitrogens with one attached hydrogen (secondary N) is 2. The fraction of sp³-hybridized carbons (Fsp3) is 0.381. The molecule has 0 aromatic heterocycles. The summed E-state index contributed by atoms with van der Waals surface area (Å²) >= 11 is 0. The lowest BCUT2D eigenvalue weighted by molar-refractivity contribution is -0.121. The molecule has 25 heavy (non-hydrogen) atoms. The number of nitrogens with zero attached hydrogens (tertiary/aromatic N) is 1. The number of carbonyl (C=O) groups excluding carboxylic acids is 1. The van der Waals surface area contributed by atoms with Crippen molar-refractivity contribution in [2.75, 3.05) is 30.3 Å². The SMILES string of the molecule is O=C(Nc1ccccc1)C1CCN(Cc2cccc3c2NCC3)CC1. The van der Waals surface area contributed by atoms with Gasteiger partial charge in [-0.2, -0.15) is 0 Å². The lowest BCUT2D eigenvalue weighted by Crippen LogP contribution is -2.37. The molecule has 0 unspecified atom stereocenters. The number of anilines is 2. The molecule has 4 nitrogen and oxygen atoms in total. The van der Waals surface area contributed by atoms with Crippen LogP contribution in [0.4, 0.5) is 11.4 Å². The van der Waals surface area contributed by atoms with Gasteiger partial charge in [0.15, 0.2) is 0 Å². The van der Waals surface area contributed by atoms with E-state index in [1.54, 1.807) is 0 Å². The Bertz CT molecular complexity index is 736. The van der Waals surface area contributed by atoms with E-state index >= 15 is 0 Å². The third-order valence-corrected chi connectivity index (χ3v) is 5.33. The Morgan fingerprint density at radius 3 is 2.68 bits per heavy atom. The van der Waals surface area contributed by atoms with Gasteiger partial charge in [-0.3, -0.25) is 9.69 Å². The summed E-state index contributed by atoms with van der Waals surface area (Å²) in [6.45, 7) is 3.99. The molecule has 2 N–H and O–H groups in total. The molecule has 0 aliphatic carbocycles. The first kappa shape index (κ1) is 16.2. The Labute approximate surface area is 149 Å². The molecule has 0 spiro atoms. The Morgan fingerprint density at radius 2 is 1.88 bits per heavy atom. The molecule has 4 heteroatoms. The molecule has 1 amide bonds. The van der Waals surface area contributed by atoms with Crippen molar-refractivity contribution in [3.63, 3.8) is 0 Å². The smallest absolute Gasteiger partial charge is 0.227 e. The molecule has 2 heterocycles. The molecular weight excluding hydrogens is 310 g/mol. The van der Waals surface area contributed by atoms with E-state index in [-0.39, 0.29) is 11.8 Å². The minimum absolute atomic E-state index is 0.121. The van der Waals surface area contributed by atoms with Crippen LogP contribution in [0.25, 0.3) is 0 Å². The summed E-state index contributed by atoms with van der Waals surface area (Å²) < 4.78 is 0. The summed E-state index contributed by atoms with van der Waals surface area (Å²) in [7, 11) is 0. The summed E-state index contributed by atoms with van der Waals surface area (Å²) in [4.78, 5) is 14.9. The monoisotopic (exact) mass is 335 g/mol. The van der Waals surface area contributed by atoms with E-state index in [0.29, 0.717) is 0 Å². The highest BCUT2D eigenvalue weighted by atomic mass is 16.1. The molecule has 2 aromatic carbocycles. The van der Waals surface area contributed by atoms with Gasteiger partial charge in [0.2, 0.25) is 5.91 Å². The van der Waals surface area contributed by atoms with Crippen molar-refractivity contribution in [3.8, 4) is 0 Å². The summed E-state index contributed by atoms with van der Waals surface area (Å²) in [5.74, 6) is 0.282. The van der Waals surface area contributed by atoms with Crippen LogP contribution in [-0.2, 0) is 17.8 Å². The minimum atomic E-state index is 0.121. The number of fused-ring (bicyclic) bond motifs is 1. The van der Waals surface area contributed by atoms with E-state index < -0.39 is 0 Å². The van der Waals surface area contributed by atoms with Crippen LogP contribution in [-0.4, -0.2) is 30.4 Å². The average molecular weight is 335 g/mol. The van der Waals surface area contributed by atoms with Crippen molar-refractivity contribution >= 4 is 17.3 Å². The molecular formula is C21H25N3O. The van der Waals surface area contributed by atoms with Crippen molar-refractivity contribution in [2.24, 2.45) is 5.92 Å². The van der Waals surface area contributed by atoms with Gasteiger partial charge in [-0.25, -0.2) is 0 Å². The Morgan fingerprint density at radius 1 is 1.08 bits per heavy atom. The van der Waals surface area contributed by atoms with Crippen molar-refractivity contribution in [1.29, 1.82) is 0 Å². The van der Waals surface area contributed by atoms with Crippen molar-refractivity contribution in [3.05, 3.63) is 59.7 Å². The number of amides is 1. The van der Waals surface area contributed by atoms with Crippen LogP contribution in [0.3, 0.4) is 0 Å². The lowest BCUT2D eigenvalue weighted by Gasteiger charge is -2.31. The molecule has 130 valence electrons. The van der Waals surface area contributed by atoms with Gasteiger partial charge in [-0.05, 0) is 55.6 Å². The summed E-state index contributed by atoms with van der Waals surface area (Å²) in [6, 6.07) is 16.4. The summed E-state index contributed by atoms with van der Waals surface area (Å²) in [5.41, 5.74) is 5.06. The van der Waals surface area contributed by atoms with E-state index in [0.717, 1.165) is 51.1 Å². The predicted octanol–water partition coefficient (Wildman–Crippen LogP) is 3.51. The quantitative estimate of drug-likeness (QED) is 0.899. The molecule has 0 saturated carbocycles. The maximum absolute atomic E-state index is 12.4. The third-order valence-electron chi connectivity index (χ3n) is 5.33. The summed E-state index contributed by atoms with van der Waals surface area (Å²) in [6.07, 6.45) is 2.99. The zero-order chi connectivity index (χ0) is 17.1. The van der Waals surface area contributed by atoms with Gasteiger partial charge in [0, 0.05) is 30.4 Å². The van der Waals surface area contributed by atoms with Gasteiger partial charge in [0.1, 0.15) is 0 Å². The number of benzene rings is 2. The molecule has 4 rings (SSSR count). The molecule has 0 radical (unpaired) electrons. The van der Waals surface area contributed by atoms with Gasteiger partial charge in [-0.1, -0.05) is 36.4 Å². The van der Waals surface area contributed by atoms with Crippen LogP contribution in [0.2, 0.25) is 0 Å². The lowest BCUT2D eigenvalue weighted by atomic mass is 9.95.